The van der Waals surface area contributed by atoms with Gasteiger partial charge in [0.1, 0.15) is 6.10 Å². The van der Waals surface area contributed by atoms with Gasteiger partial charge < -0.3 is 14.9 Å². The fourth-order valence-corrected chi connectivity index (χ4v) is 0.757. The first-order valence-electron chi connectivity index (χ1n) is 2.80. The third kappa shape index (κ3) is 0.975. The fraction of sp³-hybridized carbons (Fsp3) is 0.800. The predicted octanol–water partition coefficient (Wildman–Crippen LogP) is -1.40. The van der Waals surface area contributed by atoms with Gasteiger partial charge in [0.15, 0.2) is 6.10 Å². The highest BCUT2D eigenvalue weighted by atomic mass is 19.1. The molecule has 4 nitrogen and oxygen atoms in total. The molecule has 1 heterocycles. The second kappa shape index (κ2) is 2.51. The minimum Gasteiger partial charge on any atom is -0.455 e. The van der Waals surface area contributed by atoms with Crippen LogP contribution in [0.2, 0.25) is 0 Å². The third-order valence-corrected chi connectivity index (χ3v) is 1.35. The lowest BCUT2D eigenvalue weighted by atomic mass is 10.2. The molecule has 0 unspecified atom stereocenters. The number of aliphatic hydroxyl groups is 2. The maximum atomic E-state index is 12.3. The average molecular weight is 150 g/mol. The number of aliphatic hydroxyl groups excluding tert-OH is 2. The highest BCUT2D eigenvalue weighted by Crippen LogP contribution is 2.17. The summed E-state index contributed by atoms with van der Waals surface area (Å²) in [5, 5.41) is 17.1. The second-order valence-corrected chi connectivity index (χ2v) is 2.05. The molecule has 1 aliphatic heterocycles. The molecule has 3 atom stereocenters. The molecule has 1 aliphatic rings. The molecule has 0 amide bonds. The van der Waals surface area contributed by atoms with Gasteiger partial charge in [-0.15, -0.1) is 0 Å². The van der Waals surface area contributed by atoms with E-state index < -0.39 is 31.0 Å². The van der Waals surface area contributed by atoms with Gasteiger partial charge in [0.25, 0.3) is 0 Å². The maximum absolute atomic E-state index is 12.3. The summed E-state index contributed by atoms with van der Waals surface area (Å²) in [5.41, 5.74) is 0. The molecular weight excluding hydrogens is 143 g/mol. The predicted molar refractivity (Wildman–Crippen MR) is 27.9 cm³/mol. The summed E-state index contributed by atoms with van der Waals surface area (Å²) in [4.78, 5) is 10.3. The van der Waals surface area contributed by atoms with Crippen molar-refractivity contribution in [1.82, 2.24) is 0 Å². The number of carbonyl (C=O) groups excluding carboxylic acids is 1. The lowest BCUT2D eigenvalue weighted by Gasteiger charge is -2.07. The van der Waals surface area contributed by atoms with Crippen LogP contribution in [0.15, 0.2) is 0 Å². The normalized spacial score (nSPS) is 39.9. The van der Waals surface area contributed by atoms with E-state index in [-0.39, 0.29) is 0 Å². The van der Waals surface area contributed by atoms with Crippen molar-refractivity contribution >= 4 is 5.97 Å². The largest absolute Gasteiger partial charge is 0.455 e. The molecule has 0 aromatic rings. The molecule has 1 rings (SSSR count). The molecule has 5 heteroatoms. The van der Waals surface area contributed by atoms with Gasteiger partial charge in [0, 0.05) is 0 Å². The van der Waals surface area contributed by atoms with Crippen LogP contribution in [0, 0.1) is 0 Å². The number of esters is 1. The van der Waals surface area contributed by atoms with E-state index in [2.05, 4.69) is 4.74 Å². The molecule has 58 valence electrons. The van der Waals surface area contributed by atoms with Crippen molar-refractivity contribution in [1.29, 1.82) is 0 Å². The van der Waals surface area contributed by atoms with Crippen LogP contribution in [-0.2, 0) is 9.53 Å². The highest BCUT2D eigenvalue weighted by molar-refractivity contribution is 5.77. The molecule has 2 N–H and O–H groups in total. The lowest BCUT2D eigenvalue weighted by Crippen LogP contribution is -2.30. The SMILES string of the molecule is O=C1O[C@@H](CO)[C@H](O)[C@@H]1F. The highest BCUT2D eigenvalue weighted by Gasteiger charge is 2.43. The Hall–Kier alpha value is -0.680. The summed E-state index contributed by atoms with van der Waals surface area (Å²) in [5.74, 6) is -1.11. The van der Waals surface area contributed by atoms with Crippen LogP contribution in [0.25, 0.3) is 0 Å². The summed E-state index contributed by atoms with van der Waals surface area (Å²) in [6.45, 7) is -0.548. The van der Waals surface area contributed by atoms with Crippen molar-refractivity contribution in [2.24, 2.45) is 0 Å². The summed E-state index contributed by atoms with van der Waals surface area (Å²) >= 11 is 0. The molecule has 1 saturated heterocycles. The number of cyclic esters (lactones) is 1. The van der Waals surface area contributed by atoms with Crippen molar-refractivity contribution in [2.45, 2.75) is 18.4 Å². The smallest absolute Gasteiger partial charge is 0.344 e. The summed E-state index contributed by atoms with van der Waals surface area (Å²) < 4.78 is 16.5. The first kappa shape index (κ1) is 7.43. The quantitative estimate of drug-likeness (QED) is 0.451. The third-order valence-electron chi connectivity index (χ3n) is 1.35. The number of alkyl halides is 1. The van der Waals surface area contributed by atoms with Gasteiger partial charge in [-0.25, -0.2) is 9.18 Å². The monoisotopic (exact) mass is 150 g/mol. The molecule has 0 bridgehead atoms. The lowest BCUT2D eigenvalue weighted by molar-refractivity contribution is -0.146. The molecule has 10 heavy (non-hydrogen) atoms. The Bertz CT molecular complexity index is 149. The fourth-order valence-electron chi connectivity index (χ4n) is 0.757. The Labute approximate surface area is 56.2 Å². The number of halogens is 1. The molecule has 0 saturated carbocycles. The summed E-state index contributed by atoms with van der Waals surface area (Å²) in [6.07, 6.45) is -4.61. The van der Waals surface area contributed by atoms with Gasteiger partial charge in [0.2, 0.25) is 6.17 Å². The van der Waals surface area contributed by atoms with Crippen molar-refractivity contribution in [2.75, 3.05) is 6.61 Å². The molecular formula is C5H7FO4. The minimum absolute atomic E-state index is 0.548. The van der Waals surface area contributed by atoms with Crippen LogP contribution in [-0.4, -0.2) is 41.2 Å². The van der Waals surface area contributed by atoms with Crippen molar-refractivity contribution < 1.29 is 24.1 Å². The van der Waals surface area contributed by atoms with Crippen LogP contribution < -0.4 is 0 Å². The topological polar surface area (TPSA) is 66.8 Å². The van der Waals surface area contributed by atoms with Crippen molar-refractivity contribution in [3.63, 3.8) is 0 Å². The standard InChI is InChI=1S/C5H7FO4/c6-3-4(8)2(1-7)10-5(3)9/h2-4,7-8H,1H2/t2-,3-,4-/m0/s1. The molecule has 0 aliphatic carbocycles. The minimum atomic E-state index is -2.00. The zero-order valence-corrected chi connectivity index (χ0v) is 5.03. The van der Waals surface area contributed by atoms with Gasteiger partial charge in [-0.05, 0) is 0 Å². The van der Waals surface area contributed by atoms with Crippen LogP contribution in [0.4, 0.5) is 4.39 Å². The Kier molecular flexibility index (Phi) is 1.87. The first-order chi connectivity index (χ1) is 4.66. The van der Waals surface area contributed by atoms with E-state index in [9.17, 15) is 9.18 Å². The van der Waals surface area contributed by atoms with E-state index in [4.69, 9.17) is 10.2 Å². The van der Waals surface area contributed by atoms with Gasteiger partial charge in [-0.3, -0.25) is 0 Å². The van der Waals surface area contributed by atoms with E-state index in [1.54, 1.807) is 0 Å². The number of ether oxygens (including phenoxy) is 1. The number of hydrogen-bond donors (Lipinski definition) is 2. The van der Waals surface area contributed by atoms with Gasteiger partial charge in [0.05, 0.1) is 6.61 Å². The van der Waals surface area contributed by atoms with E-state index in [1.165, 1.54) is 0 Å². The molecule has 0 radical (unpaired) electrons. The Morgan fingerprint density at radius 1 is 1.70 bits per heavy atom. The number of carbonyl (C=O) groups is 1. The van der Waals surface area contributed by atoms with E-state index in [1.807, 2.05) is 0 Å². The number of hydrogen-bond acceptors (Lipinski definition) is 4. The molecule has 0 aromatic carbocycles. The number of rotatable bonds is 1. The summed E-state index contributed by atoms with van der Waals surface area (Å²) in [6, 6.07) is 0. The zero-order chi connectivity index (χ0) is 7.72. The molecule has 0 spiro atoms. The Morgan fingerprint density at radius 3 is 2.50 bits per heavy atom. The van der Waals surface area contributed by atoms with Gasteiger partial charge >= 0.3 is 5.97 Å². The Morgan fingerprint density at radius 2 is 2.30 bits per heavy atom. The van der Waals surface area contributed by atoms with Crippen molar-refractivity contribution in [3.8, 4) is 0 Å². The van der Waals surface area contributed by atoms with Crippen molar-refractivity contribution in [3.05, 3.63) is 0 Å². The second-order valence-electron chi connectivity index (χ2n) is 2.05. The van der Waals surface area contributed by atoms with Gasteiger partial charge in [-0.2, -0.15) is 0 Å². The first-order valence-corrected chi connectivity index (χ1v) is 2.80. The molecule has 1 fully saturated rings. The van der Waals surface area contributed by atoms with Crippen LogP contribution >= 0.6 is 0 Å². The van der Waals surface area contributed by atoms with Crippen LogP contribution in [0.3, 0.4) is 0 Å². The zero-order valence-electron chi connectivity index (χ0n) is 5.03. The van der Waals surface area contributed by atoms with E-state index in [0.717, 1.165) is 0 Å². The maximum Gasteiger partial charge on any atom is 0.344 e. The average Bonchev–Trinajstić information content (AvgIpc) is 2.17. The van der Waals surface area contributed by atoms with Gasteiger partial charge in [-0.1, -0.05) is 0 Å². The van der Waals surface area contributed by atoms with E-state index >= 15 is 0 Å². The summed E-state index contributed by atoms with van der Waals surface area (Å²) in [7, 11) is 0. The van der Waals surface area contributed by atoms with Crippen LogP contribution in [0.5, 0.6) is 0 Å². The van der Waals surface area contributed by atoms with E-state index in [0.29, 0.717) is 0 Å². The Balaban J connectivity index is 2.61. The molecule has 0 aromatic heterocycles. The van der Waals surface area contributed by atoms with Crippen LogP contribution in [0.1, 0.15) is 0 Å².